The lowest BCUT2D eigenvalue weighted by atomic mass is 9.97. The van der Waals surface area contributed by atoms with Gasteiger partial charge in [-0.05, 0) is 37.8 Å². The smallest absolute Gasteiger partial charge is 0.388 e. The van der Waals surface area contributed by atoms with Gasteiger partial charge < -0.3 is 25.3 Å². The molecule has 6 atom stereocenters. The molecule has 28 heavy (non-hydrogen) atoms. The Kier molecular flexibility index (Phi) is 6.03. The van der Waals surface area contributed by atoms with Gasteiger partial charge in [-0.1, -0.05) is 6.92 Å². The van der Waals surface area contributed by atoms with E-state index in [1.807, 2.05) is 13.8 Å². The highest BCUT2D eigenvalue weighted by atomic mass is 31.1. The fourth-order valence-corrected chi connectivity index (χ4v) is 4.37. The van der Waals surface area contributed by atoms with E-state index in [4.69, 9.17) is 15.0 Å². The standard InChI is InChI=1S/C18H28N4O5P/c1-5-10(2)28(25)27-18(3,4)8-12-13(23)14(24)17(26-12)22-7-6-11-15(19)20-9-21-16(11)22/h6-7,9-10,12-14,17,23-24H,5,8H2,1-4H3,(H2,19,20,21)/q+1/t10?,12?,13?,14-,17-/m1/s1. The van der Waals surface area contributed by atoms with E-state index in [1.54, 1.807) is 30.7 Å². The van der Waals surface area contributed by atoms with E-state index in [0.29, 0.717) is 16.9 Å². The Morgan fingerprint density at radius 1 is 1.39 bits per heavy atom. The SMILES string of the molecule is CCC(C)[P+](=O)OC(C)(C)CC1O[C@@H](n2ccc3c(N)ncnc32)[C@H](O)C1O. The summed E-state index contributed by atoms with van der Waals surface area (Å²) in [6, 6.07) is 1.74. The van der Waals surface area contributed by atoms with Gasteiger partial charge in [0.05, 0.1) is 11.5 Å². The molecule has 10 heteroatoms. The van der Waals surface area contributed by atoms with E-state index in [-0.39, 0.29) is 12.1 Å². The van der Waals surface area contributed by atoms with E-state index < -0.39 is 38.2 Å². The zero-order chi connectivity index (χ0) is 20.6. The maximum absolute atomic E-state index is 12.3. The van der Waals surface area contributed by atoms with Crippen molar-refractivity contribution < 1.29 is 24.0 Å². The van der Waals surface area contributed by atoms with Crippen LogP contribution in [0.1, 0.15) is 46.8 Å². The highest BCUT2D eigenvalue weighted by Gasteiger charge is 2.48. The number of hydrogen-bond acceptors (Lipinski definition) is 8. The zero-order valence-corrected chi connectivity index (χ0v) is 17.4. The van der Waals surface area contributed by atoms with E-state index in [9.17, 15) is 14.8 Å². The first-order valence-corrected chi connectivity index (χ1v) is 10.6. The number of nitrogens with two attached hydrogens (primary N) is 1. The first-order valence-electron chi connectivity index (χ1n) is 9.38. The monoisotopic (exact) mass is 411 g/mol. The summed E-state index contributed by atoms with van der Waals surface area (Å²) < 4.78 is 25.6. The molecular weight excluding hydrogens is 383 g/mol. The summed E-state index contributed by atoms with van der Waals surface area (Å²) in [5, 5.41) is 21.7. The van der Waals surface area contributed by atoms with E-state index in [1.165, 1.54) is 6.33 Å². The molecule has 2 aromatic heterocycles. The fourth-order valence-electron chi connectivity index (χ4n) is 3.33. The second-order valence-corrected chi connectivity index (χ2v) is 9.50. The number of aliphatic hydroxyl groups is 2. The van der Waals surface area contributed by atoms with Crippen LogP contribution in [0.15, 0.2) is 18.6 Å². The van der Waals surface area contributed by atoms with Crippen molar-refractivity contribution in [1.29, 1.82) is 0 Å². The minimum atomic E-state index is -1.84. The van der Waals surface area contributed by atoms with E-state index >= 15 is 0 Å². The average molecular weight is 411 g/mol. The normalized spacial score (nSPS) is 27.3. The Bertz CT molecular complexity index is 858. The number of nitrogen functional groups attached to an aromatic ring is 1. The van der Waals surface area contributed by atoms with Gasteiger partial charge in [-0.2, -0.15) is 0 Å². The summed E-state index contributed by atoms with van der Waals surface area (Å²) in [6.45, 7) is 7.44. The van der Waals surface area contributed by atoms with Gasteiger partial charge in [0.2, 0.25) is 0 Å². The van der Waals surface area contributed by atoms with Crippen LogP contribution in [0.3, 0.4) is 0 Å². The van der Waals surface area contributed by atoms with Crippen LogP contribution >= 0.6 is 8.03 Å². The lowest BCUT2D eigenvalue weighted by Crippen LogP contribution is -2.36. The summed E-state index contributed by atoms with van der Waals surface area (Å²) in [6.07, 6.45) is 0.266. The molecule has 3 rings (SSSR count). The van der Waals surface area contributed by atoms with Gasteiger partial charge in [-0.15, -0.1) is 4.52 Å². The number of ether oxygens (including phenoxy) is 1. The predicted octanol–water partition coefficient (Wildman–Crippen LogP) is 2.36. The third-order valence-corrected chi connectivity index (χ3v) is 6.89. The van der Waals surface area contributed by atoms with Crippen molar-refractivity contribution in [2.45, 2.75) is 76.3 Å². The molecule has 0 amide bonds. The summed E-state index contributed by atoms with van der Waals surface area (Å²) in [5.41, 5.74) is 5.53. The summed E-state index contributed by atoms with van der Waals surface area (Å²) in [7, 11) is -1.84. The molecule has 0 saturated carbocycles. The van der Waals surface area contributed by atoms with Crippen molar-refractivity contribution in [3.63, 3.8) is 0 Å². The summed E-state index contributed by atoms with van der Waals surface area (Å²) >= 11 is 0. The Morgan fingerprint density at radius 3 is 2.79 bits per heavy atom. The molecule has 154 valence electrons. The molecule has 0 spiro atoms. The molecule has 4 N–H and O–H groups in total. The second kappa shape index (κ2) is 8.00. The topological polar surface area (TPSA) is 133 Å². The van der Waals surface area contributed by atoms with Crippen molar-refractivity contribution in [3.05, 3.63) is 18.6 Å². The van der Waals surface area contributed by atoms with Crippen molar-refractivity contribution in [1.82, 2.24) is 14.5 Å². The number of aliphatic hydroxyl groups excluding tert-OH is 2. The molecule has 0 bridgehead atoms. The maximum Gasteiger partial charge on any atom is 0.511 e. The largest absolute Gasteiger partial charge is 0.511 e. The van der Waals surface area contributed by atoms with Crippen molar-refractivity contribution in [2.24, 2.45) is 0 Å². The lowest BCUT2D eigenvalue weighted by Gasteiger charge is -2.24. The summed E-state index contributed by atoms with van der Waals surface area (Å²) in [4.78, 5) is 8.16. The number of fused-ring (bicyclic) bond motifs is 1. The molecule has 3 heterocycles. The van der Waals surface area contributed by atoms with Crippen LogP contribution in [-0.2, 0) is 13.8 Å². The molecule has 9 nitrogen and oxygen atoms in total. The minimum Gasteiger partial charge on any atom is -0.388 e. The Balaban J connectivity index is 1.77. The van der Waals surface area contributed by atoms with Crippen molar-refractivity contribution >= 4 is 24.9 Å². The second-order valence-electron chi connectivity index (χ2n) is 7.86. The average Bonchev–Trinajstić information content (AvgIpc) is 3.18. The maximum atomic E-state index is 12.3. The van der Waals surface area contributed by atoms with E-state index in [2.05, 4.69) is 9.97 Å². The highest BCUT2D eigenvalue weighted by Crippen LogP contribution is 2.41. The van der Waals surface area contributed by atoms with Crippen LogP contribution in [0.5, 0.6) is 0 Å². The van der Waals surface area contributed by atoms with Crippen LogP contribution in [0.4, 0.5) is 5.82 Å². The highest BCUT2D eigenvalue weighted by molar-refractivity contribution is 7.40. The molecule has 2 aromatic rings. The molecule has 1 fully saturated rings. The number of hydrogen-bond donors (Lipinski definition) is 3. The minimum absolute atomic E-state index is 0.0570. The zero-order valence-electron chi connectivity index (χ0n) is 16.5. The number of anilines is 1. The van der Waals surface area contributed by atoms with Crippen LogP contribution in [-0.4, -0.2) is 54.3 Å². The molecular formula is C18H28N4O5P+. The molecule has 4 unspecified atom stereocenters. The van der Waals surface area contributed by atoms with Gasteiger partial charge in [-0.3, -0.25) is 0 Å². The van der Waals surface area contributed by atoms with Gasteiger partial charge in [-0.25, -0.2) is 9.97 Å². The molecule has 1 saturated heterocycles. The van der Waals surface area contributed by atoms with Gasteiger partial charge >= 0.3 is 8.03 Å². The van der Waals surface area contributed by atoms with Gasteiger partial charge in [0, 0.05) is 12.6 Å². The van der Waals surface area contributed by atoms with Gasteiger partial charge in [0.15, 0.2) is 11.9 Å². The summed E-state index contributed by atoms with van der Waals surface area (Å²) in [5.74, 6) is 0.330. The van der Waals surface area contributed by atoms with Gasteiger partial charge in [0.25, 0.3) is 0 Å². The first-order chi connectivity index (χ1) is 13.1. The Labute approximate surface area is 164 Å². The predicted molar refractivity (Wildman–Crippen MR) is 105 cm³/mol. The lowest BCUT2D eigenvalue weighted by molar-refractivity contribution is -0.0576. The number of rotatable bonds is 7. The first kappa shape index (κ1) is 21.1. The van der Waals surface area contributed by atoms with Crippen molar-refractivity contribution in [2.75, 3.05) is 5.73 Å². The van der Waals surface area contributed by atoms with Crippen LogP contribution in [0.25, 0.3) is 11.0 Å². The fraction of sp³-hybridized carbons (Fsp3) is 0.667. The van der Waals surface area contributed by atoms with Crippen LogP contribution in [0, 0.1) is 0 Å². The van der Waals surface area contributed by atoms with Gasteiger partial charge in [0.1, 0.15) is 35.6 Å². The molecule has 1 aliphatic heterocycles. The molecule has 1 aliphatic rings. The third-order valence-electron chi connectivity index (χ3n) is 5.13. The number of nitrogens with zero attached hydrogens (tertiary/aromatic N) is 3. The molecule has 0 aliphatic carbocycles. The third kappa shape index (κ3) is 4.04. The van der Waals surface area contributed by atoms with Crippen LogP contribution < -0.4 is 5.73 Å². The Morgan fingerprint density at radius 2 is 2.11 bits per heavy atom. The van der Waals surface area contributed by atoms with Crippen molar-refractivity contribution in [3.8, 4) is 0 Å². The quantitative estimate of drug-likeness (QED) is 0.592. The molecule has 0 aromatic carbocycles. The van der Waals surface area contributed by atoms with Crippen LogP contribution in [0.2, 0.25) is 0 Å². The Hall–Kier alpha value is -1.64. The molecule has 0 radical (unpaired) electrons. The van der Waals surface area contributed by atoms with E-state index in [0.717, 1.165) is 6.42 Å². The number of aromatic nitrogens is 3.